The van der Waals surface area contributed by atoms with Crippen LogP contribution in [0.4, 0.5) is 0 Å². The van der Waals surface area contributed by atoms with Gasteiger partial charge in [-0.1, -0.05) is 5.16 Å². The van der Waals surface area contributed by atoms with E-state index >= 15 is 0 Å². The van der Waals surface area contributed by atoms with E-state index in [9.17, 15) is 4.79 Å². The largest absolute Gasteiger partial charge is 0.458 e. The molecule has 1 aliphatic rings. The van der Waals surface area contributed by atoms with Gasteiger partial charge >= 0.3 is 5.97 Å². The van der Waals surface area contributed by atoms with Crippen molar-refractivity contribution in [2.24, 2.45) is 0 Å². The van der Waals surface area contributed by atoms with E-state index in [-0.39, 0.29) is 11.8 Å². The minimum atomic E-state index is -0.407. The summed E-state index contributed by atoms with van der Waals surface area (Å²) in [4.78, 5) is 11.4. The highest BCUT2D eigenvalue weighted by molar-refractivity contribution is 5.87. The smallest absolute Gasteiger partial charge is 0.360 e. The molecule has 0 saturated heterocycles. The zero-order chi connectivity index (χ0) is 10.1. The molecule has 1 aliphatic carbocycles. The number of carbonyl (C=O) groups is 1. The summed E-state index contributed by atoms with van der Waals surface area (Å²) in [6.07, 6.45) is 2.14. The summed E-state index contributed by atoms with van der Waals surface area (Å²) < 4.78 is 10.0. The van der Waals surface area contributed by atoms with Crippen molar-refractivity contribution in [3.05, 3.63) is 17.5 Å². The van der Waals surface area contributed by atoms with E-state index in [0.29, 0.717) is 5.92 Å². The van der Waals surface area contributed by atoms with Gasteiger partial charge < -0.3 is 9.26 Å². The van der Waals surface area contributed by atoms with E-state index in [0.717, 1.165) is 18.6 Å². The Morgan fingerprint density at radius 2 is 2.36 bits per heavy atom. The molecule has 0 bridgehead atoms. The maximum atomic E-state index is 11.4. The summed E-state index contributed by atoms with van der Waals surface area (Å²) >= 11 is 0. The van der Waals surface area contributed by atoms with Crippen molar-refractivity contribution in [2.75, 3.05) is 0 Å². The number of aromatic nitrogens is 1. The van der Waals surface area contributed by atoms with Crippen LogP contribution in [0.15, 0.2) is 10.6 Å². The van der Waals surface area contributed by atoms with Gasteiger partial charge in [0.2, 0.25) is 0 Å². The second-order valence-electron chi connectivity index (χ2n) is 3.84. The number of nitrogens with zero attached hydrogens (tertiary/aromatic N) is 1. The van der Waals surface area contributed by atoms with E-state index in [1.165, 1.54) is 0 Å². The third-order valence-electron chi connectivity index (χ3n) is 2.06. The zero-order valence-electron chi connectivity index (χ0n) is 8.32. The summed E-state index contributed by atoms with van der Waals surface area (Å²) in [5.74, 6) is 0.874. The Morgan fingerprint density at radius 3 is 2.93 bits per heavy atom. The molecule has 2 rings (SSSR count). The quantitative estimate of drug-likeness (QED) is 0.693. The first-order chi connectivity index (χ1) is 6.66. The predicted molar refractivity (Wildman–Crippen MR) is 49.0 cm³/mol. The zero-order valence-corrected chi connectivity index (χ0v) is 8.32. The lowest BCUT2D eigenvalue weighted by Crippen LogP contribution is -2.11. The Kier molecular flexibility index (Phi) is 2.27. The number of esters is 1. The van der Waals surface area contributed by atoms with Crippen LogP contribution >= 0.6 is 0 Å². The van der Waals surface area contributed by atoms with Crippen molar-refractivity contribution >= 4 is 5.97 Å². The van der Waals surface area contributed by atoms with E-state index in [2.05, 4.69) is 5.16 Å². The van der Waals surface area contributed by atoms with Crippen molar-refractivity contribution < 1.29 is 14.1 Å². The molecule has 0 spiro atoms. The van der Waals surface area contributed by atoms with Crippen LogP contribution in [0.2, 0.25) is 0 Å². The topological polar surface area (TPSA) is 52.3 Å². The Morgan fingerprint density at radius 1 is 1.64 bits per heavy atom. The number of rotatable bonds is 3. The van der Waals surface area contributed by atoms with Gasteiger partial charge in [0, 0.05) is 12.0 Å². The van der Waals surface area contributed by atoms with Gasteiger partial charge in [0.1, 0.15) is 5.76 Å². The normalized spacial score (nSPS) is 15.9. The van der Waals surface area contributed by atoms with E-state index in [4.69, 9.17) is 9.26 Å². The molecule has 0 aliphatic heterocycles. The summed E-state index contributed by atoms with van der Waals surface area (Å²) in [6, 6.07) is 1.68. The predicted octanol–water partition coefficient (Wildman–Crippen LogP) is 2.12. The average Bonchev–Trinajstić information content (AvgIpc) is 2.82. The SMILES string of the molecule is CC(C)OC(=O)c1cc(C2CC2)on1. The summed E-state index contributed by atoms with van der Waals surface area (Å²) in [5.41, 5.74) is 0.278. The van der Waals surface area contributed by atoms with Gasteiger partial charge in [-0.3, -0.25) is 0 Å². The lowest BCUT2D eigenvalue weighted by Gasteiger charge is -2.04. The highest BCUT2D eigenvalue weighted by Crippen LogP contribution is 2.40. The molecule has 4 nitrogen and oxygen atoms in total. The third-order valence-corrected chi connectivity index (χ3v) is 2.06. The summed E-state index contributed by atoms with van der Waals surface area (Å²) in [7, 11) is 0. The second kappa shape index (κ2) is 3.44. The van der Waals surface area contributed by atoms with Gasteiger partial charge in [-0.25, -0.2) is 4.79 Å². The molecule has 0 atom stereocenters. The lowest BCUT2D eigenvalue weighted by molar-refractivity contribution is 0.0366. The third kappa shape index (κ3) is 1.95. The minimum absolute atomic E-state index is 0.122. The van der Waals surface area contributed by atoms with Crippen molar-refractivity contribution in [3.8, 4) is 0 Å². The van der Waals surface area contributed by atoms with Crippen LogP contribution in [0.25, 0.3) is 0 Å². The molecule has 14 heavy (non-hydrogen) atoms. The van der Waals surface area contributed by atoms with Crippen LogP contribution < -0.4 is 0 Å². The number of hydrogen-bond donors (Lipinski definition) is 0. The monoisotopic (exact) mass is 195 g/mol. The Hall–Kier alpha value is -1.32. The Labute approximate surface area is 82.2 Å². The summed E-state index contributed by atoms with van der Waals surface area (Å²) in [6.45, 7) is 3.61. The number of hydrogen-bond acceptors (Lipinski definition) is 4. The van der Waals surface area contributed by atoms with Crippen molar-refractivity contribution in [1.82, 2.24) is 5.16 Å². The molecule has 4 heteroatoms. The molecular formula is C10H13NO3. The van der Waals surface area contributed by atoms with Crippen LogP contribution in [-0.2, 0) is 4.74 Å². The molecule has 0 radical (unpaired) electrons. The lowest BCUT2D eigenvalue weighted by atomic mass is 10.3. The maximum absolute atomic E-state index is 11.4. The molecule has 0 amide bonds. The first-order valence-corrected chi connectivity index (χ1v) is 4.84. The molecule has 1 heterocycles. The van der Waals surface area contributed by atoms with Crippen LogP contribution in [0.3, 0.4) is 0 Å². The van der Waals surface area contributed by atoms with Crippen LogP contribution in [0, 0.1) is 0 Å². The minimum Gasteiger partial charge on any atom is -0.458 e. The Bertz CT molecular complexity index is 339. The highest BCUT2D eigenvalue weighted by Gasteiger charge is 2.29. The van der Waals surface area contributed by atoms with Gasteiger partial charge in [-0.2, -0.15) is 0 Å². The first kappa shape index (κ1) is 9.24. The molecule has 0 aromatic carbocycles. The standard InChI is InChI=1S/C10H13NO3/c1-6(2)13-10(12)8-5-9(14-11-8)7-3-4-7/h5-7H,3-4H2,1-2H3. The average molecular weight is 195 g/mol. The molecular weight excluding hydrogens is 182 g/mol. The fourth-order valence-corrected chi connectivity index (χ4v) is 1.22. The molecule has 0 N–H and O–H groups in total. The molecule has 1 fully saturated rings. The fraction of sp³-hybridized carbons (Fsp3) is 0.600. The van der Waals surface area contributed by atoms with Gasteiger partial charge in [0.15, 0.2) is 5.69 Å². The number of carbonyl (C=O) groups excluding carboxylic acids is 1. The van der Waals surface area contributed by atoms with Crippen LogP contribution in [0.5, 0.6) is 0 Å². The maximum Gasteiger partial charge on any atom is 0.360 e. The Balaban J connectivity index is 2.04. The van der Waals surface area contributed by atoms with Crippen LogP contribution in [-0.4, -0.2) is 17.2 Å². The number of ether oxygens (including phenoxy) is 1. The van der Waals surface area contributed by atoms with E-state index in [1.54, 1.807) is 19.9 Å². The van der Waals surface area contributed by atoms with E-state index in [1.807, 2.05) is 0 Å². The van der Waals surface area contributed by atoms with Gasteiger partial charge in [0.25, 0.3) is 0 Å². The van der Waals surface area contributed by atoms with Crippen LogP contribution in [0.1, 0.15) is 48.9 Å². The molecule has 1 aromatic rings. The van der Waals surface area contributed by atoms with Crippen molar-refractivity contribution in [3.63, 3.8) is 0 Å². The van der Waals surface area contributed by atoms with Crippen molar-refractivity contribution in [1.29, 1.82) is 0 Å². The second-order valence-corrected chi connectivity index (χ2v) is 3.84. The van der Waals surface area contributed by atoms with Gasteiger partial charge in [0.05, 0.1) is 6.10 Å². The highest BCUT2D eigenvalue weighted by atomic mass is 16.5. The first-order valence-electron chi connectivity index (χ1n) is 4.84. The molecule has 76 valence electrons. The summed E-state index contributed by atoms with van der Waals surface area (Å²) in [5, 5.41) is 3.68. The van der Waals surface area contributed by atoms with E-state index < -0.39 is 5.97 Å². The van der Waals surface area contributed by atoms with Gasteiger partial charge in [-0.15, -0.1) is 0 Å². The molecule has 0 unspecified atom stereocenters. The molecule has 1 aromatic heterocycles. The van der Waals surface area contributed by atoms with Gasteiger partial charge in [-0.05, 0) is 26.7 Å². The molecule has 1 saturated carbocycles. The van der Waals surface area contributed by atoms with Crippen molar-refractivity contribution in [2.45, 2.75) is 38.7 Å². The fourth-order valence-electron chi connectivity index (χ4n) is 1.22.